The van der Waals surface area contributed by atoms with Gasteiger partial charge >= 0.3 is 0 Å². The van der Waals surface area contributed by atoms with Crippen LogP contribution in [0.5, 0.6) is 11.5 Å². The number of hydrogen-bond acceptors (Lipinski definition) is 7. The first-order valence-electron chi connectivity index (χ1n) is 11.0. The van der Waals surface area contributed by atoms with Crippen LogP contribution >= 0.6 is 0 Å². The molecule has 9 nitrogen and oxygen atoms in total. The molecule has 0 unspecified atom stereocenters. The number of ether oxygens (including phenoxy) is 2. The van der Waals surface area contributed by atoms with Gasteiger partial charge in [0.2, 0.25) is 5.91 Å². The zero-order chi connectivity index (χ0) is 25.9. The highest BCUT2D eigenvalue weighted by atomic mass is 32.2. The maximum atomic E-state index is 12.6. The molecule has 2 N–H and O–H groups in total. The van der Waals surface area contributed by atoms with Crippen molar-refractivity contribution in [1.82, 2.24) is 20.3 Å². The molecule has 0 radical (unpaired) electrons. The van der Waals surface area contributed by atoms with E-state index in [0.29, 0.717) is 28.3 Å². The molecule has 36 heavy (non-hydrogen) atoms. The number of benzene rings is 1. The third kappa shape index (κ3) is 5.38. The lowest BCUT2D eigenvalue weighted by atomic mass is 10.1. The summed E-state index contributed by atoms with van der Waals surface area (Å²) in [5.41, 5.74) is 3.62. The fraction of sp³-hybridized carbons (Fsp3) is 0.192. The summed E-state index contributed by atoms with van der Waals surface area (Å²) < 4.78 is 34.4. The van der Waals surface area contributed by atoms with E-state index in [9.17, 15) is 13.2 Å². The number of hydrogen-bond donors (Lipinski definition) is 2. The molecule has 3 aromatic heterocycles. The van der Waals surface area contributed by atoms with Gasteiger partial charge in [0, 0.05) is 59.2 Å². The Morgan fingerprint density at radius 2 is 1.81 bits per heavy atom. The number of methoxy groups -OCH3 is 2. The van der Waals surface area contributed by atoms with Gasteiger partial charge in [-0.15, -0.1) is 0 Å². The van der Waals surface area contributed by atoms with Gasteiger partial charge in [0.1, 0.15) is 5.65 Å². The lowest BCUT2D eigenvalue weighted by molar-refractivity contribution is -0.117. The summed E-state index contributed by atoms with van der Waals surface area (Å²) in [5.74, 6) is 0.942. The van der Waals surface area contributed by atoms with Crippen LogP contribution in [0.2, 0.25) is 0 Å². The second-order valence-electron chi connectivity index (χ2n) is 8.22. The number of sulfone groups is 1. The number of aromatic nitrogens is 3. The van der Waals surface area contributed by atoms with Crippen molar-refractivity contribution in [2.45, 2.75) is 17.9 Å². The summed E-state index contributed by atoms with van der Waals surface area (Å²) in [7, 11) is -0.254. The lowest BCUT2D eigenvalue weighted by Crippen LogP contribution is -2.24. The largest absolute Gasteiger partial charge is 0.493 e. The molecule has 0 saturated carbocycles. The van der Waals surface area contributed by atoms with Crippen molar-refractivity contribution in [2.24, 2.45) is 0 Å². The van der Waals surface area contributed by atoms with Crippen LogP contribution in [0.25, 0.3) is 28.2 Å². The predicted octanol–water partition coefficient (Wildman–Crippen LogP) is 3.94. The van der Waals surface area contributed by atoms with Gasteiger partial charge in [-0.25, -0.2) is 13.4 Å². The van der Waals surface area contributed by atoms with Gasteiger partial charge in [-0.05, 0) is 42.8 Å². The van der Waals surface area contributed by atoms with Crippen molar-refractivity contribution in [3.63, 3.8) is 0 Å². The van der Waals surface area contributed by atoms with Gasteiger partial charge in [0.05, 0.1) is 25.2 Å². The molecular weight excluding hydrogens is 480 g/mol. The van der Waals surface area contributed by atoms with Crippen LogP contribution in [0.15, 0.2) is 66.1 Å². The maximum absolute atomic E-state index is 12.6. The SMILES string of the molecule is COc1ccc([C@@H](C)NC(=O)/C=C/c2c[nH]c3ncc(-c4cncc(S(C)(=O)=O)c4)cc23)cc1OC. The highest BCUT2D eigenvalue weighted by molar-refractivity contribution is 7.90. The Hall–Kier alpha value is -4.18. The zero-order valence-electron chi connectivity index (χ0n) is 20.3. The first-order valence-corrected chi connectivity index (χ1v) is 12.9. The topological polar surface area (TPSA) is 123 Å². The van der Waals surface area contributed by atoms with E-state index in [4.69, 9.17) is 9.47 Å². The van der Waals surface area contributed by atoms with Crippen LogP contribution in [0, 0.1) is 0 Å². The molecule has 10 heteroatoms. The Kier molecular flexibility index (Phi) is 7.07. The minimum absolute atomic E-state index is 0.134. The Labute approximate surface area is 209 Å². The summed E-state index contributed by atoms with van der Waals surface area (Å²) in [6, 6.07) is 8.68. The molecule has 0 spiro atoms. The van der Waals surface area contributed by atoms with E-state index in [-0.39, 0.29) is 16.8 Å². The first kappa shape index (κ1) is 24.9. The van der Waals surface area contributed by atoms with Gasteiger partial charge in [-0.1, -0.05) is 6.07 Å². The average molecular weight is 507 g/mol. The number of aromatic amines is 1. The van der Waals surface area contributed by atoms with E-state index in [2.05, 4.69) is 20.3 Å². The monoisotopic (exact) mass is 506 g/mol. The summed E-state index contributed by atoms with van der Waals surface area (Å²) >= 11 is 0. The van der Waals surface area contributed by atoms with E-state index in [1.807, 2.05) is 25.1 Å². The number of amides is 1. The van der Waals surface area contributed by atoms with Crippen LogP contribution in [-0.2, 0) is 14.6 Å². The first-order chi connectivity index (χ1) is 17.2. The van der Waals surface area contributed by atoms with E-state index in [1.54, 1.807) is 51.0 Å². The molecule has 4 rings (SSSR count). The minimum atomic E-state index is -3.39. The van der Waals surface area contributed by atoms with Gasteiger partial charge in [-0.2, -0.15) is 0 Å². The number of pyridine rings is 2. The van der Waals surface area contributed by atoms with E-state index < -0.39 is 9.84 Å². The van der Waals surface area contributed by atoms with Gasteiger partial charge < -0.3 is 19.8 Å². The third-order valence-corrected chi connectivity index (χ3v) is 6.80. The highest BCUT2D eigenvalue weighted by Crippen LogP contribution is 2.30. The Balaban J connectivity index is 1.54. The van der Waals surface area contributed by atoms with E-state index >= 15 is 0 Å². The molecule has 0 aliphatic carbocycles. The van der Waals surface area contributed by atoms with Crippen molar-refractivity contribution in [3.8, 4) is 22.6 Å². The van der Waals surface area contributed by atoms with E-state index in [0.717, 1.165) is 22.8 Å². The standard InChI is InChI=1S/C26H26N4O5S/c1-16(17-5-7-23(34-2)24(11-17)35-3)30-25(31)8-6-18-13-28-26-22(18)10-20(14-29-26)19-9-21(15-27-12-19)36(4,32)33/h5-16H,1-4H3,(H,28,29)(H,30,31)/b8-6+/t16-/m1/s1. The van der Waals surface area contributed by atoms with Crippen LogP contribution in [0.1, 0.15) is 24.1 Å². The summed E-state index contributed by atoms with van der Waals surface area (Å²) in [6.07, 6.45) is 10.6. The molecule has 0 bridgehead atoms. The second-order valence-corrected chi connectivity index (χ2v) is 10.2. The van der Waals surface area contributed by atoms with Crippen LogP contribution in [0.4, 0.5) is 0 Å². The number of carbonyl (C=O) groups excluding carboxylic acids is 1. The fourth-order valence-electron chi connectivity index (χ4n) is 3.73. The van der Waals surface area contributed by atoms with Crippen molar-refractivity contribution in [1.29, 1.82) is 0 Å². The smallest absolute Gasteiger partial charge is 0.244 e. The molecular formula is C26H26N4O5S. The maximum Gasteiger partial charge on any atom is 0.244 e. The van der Waals surface area contributed by atoms with Gasteiger partial charge in [0.15, 0.2) is 21.3 Å². The number of H-pyrrole nitrogens is 1. The van der Waals surface area contributed by atoms with Crippen molar-refractivity contribution >= 4 is 32.9 Å². The predicted molar refractivity (Wildman–Crippen MR) is 138 cm³/mol. The number of nitrogens with one attached hydrogen (secondary N) is 2. The highest BCUT2D eigenvalue weighted by Gasteiger charge is 2.13. The number of nitrogens with zero attached hydrogens (tertiary/aromatic N) is 2. The molecule has 0 saturated heterocycles. The fourth-order valence-corrected chi connectivity index (χ4v) is 4.32. The van der Waals surface area contributed by atoms with E-state index in [1.165, 1.54) is 12.3 Å². The normalized spacial score (nSPS) is 12.6. The molecule has 3 heterocycles. The number of carbonyl (C=O) groups is 1. The van der Waals surface area contributed by atoms with Crippen molar-refractivity contribution in [3.05, 3.63) is 72.3 Å². The summed E-state index contributed by atoms with van der Waals surface area (Å²) in [5, 5.41) is 3.73. The molecule has 4 aromatic rings. The van der Waals surface area contributed by atoms with Crippen molar-refractivity contribution in [2.75, 3.05) is 20.5 Å². The molecule has 1 amide bonds. The molecule has 0 fully saturated rings. The lowest BCUT2D eigenvalue weighted by Gasteiger charge is -2.15. The quantitative estimate of drug-likeness (QED) is 0.347. The van der Waals surface area contributed by atoms with Crippen LogP contribution in [-0.4, -0.2) is 49.8 Å². The molecule has 186 valence electrons. The van der Waals surface area contributed by atoms with Crippen LogP contribution < -0.4 is 14.8 Å². The second kappa shape index (κ2) is 10.2. The molecule has 1 atom stereocenters. The Morgan fingerprint density at radius 3 is 2.53 bits per heavy atom. The number of rotatable bonds is 8. The summed E-state index contributed by atoms with van der Waals surface area (Å²) in [6.45, 7) is 1.88. The summed E-state index contributed by atoms with van der Waals surface area (Å²) in [4.78, 5) is 24.3. The third-order valence-electron chi connectivity index (χ3n) is 5.72. The Bertz CT molecular complexity index is 1560. The van der Waals surface area contributed by atoms with Gasteiger partial charge in [0.25, 0.3) is 0 Å². The molecule has 0 aliphatic heterocycles. The number of fused-ring (bicyclic) bond motifs is 1. The molecule has 0 aliphatic rings. The zero-order valence-corrected chi connectivity index (χ0v) is 21.1. The average Bonchev–Trinajstić information content (AvgIpc) is 3.28. The van der Waals surface area contributed by atoms with Crippen LogP contribution in [0.3, 0.4) is 0 Å². The minimum Gasteiger partial charge on any atom is -0.493 e. The van der Waals surface area contributed by atoms with Crippen molar-refractivity contribution < 1.29 is 22.7 Å². The Morgan fingerprint density at radius 1 is 1.06 bits per heavy atom. The van der Waals surface area contributed by atoms with Gasteiger partial charge in [-0.3, -0.25) is 9.78 Å². The molecule has 1 aromatic carbocycles.